The lowest BCUT2D eigenvalue weighted by Crippen LogP contribution is -2.17. The third kappa shape index (κ3) is 3.19. The highest BCUT2D eigenvalue weighted by Crippen LogP contribution is 2.27. The van der Waals surface area contributed by atoms with Gasteiger partial charge in [0.05, 0.1) is 0 Å². The van der Waals surface area contributed by atoms with Crippen LogP contribution >= 0.6 is 11.6 Å². The number of aromatic nitrogens is 2. The van der Waals surface area contributed by atoms with Gasteiger partial charge in [0.1, 0.15) is 0 Å². The van der Waals surface area contributed by atoms with E-state index in [-0.39, 0.29) is 0 Å². The maximum Gasteiger partial charge on any atom is 0.248 e. The first-order valence-electron chi connectivity index (χ1n) is 7.05. The van der Waals surface area contributed by atoms with Crippen LogP contribution in [0.3, 0.4) is 0 Å². The molecule has 106 valence electrons. The second-order valence-corrected chi connectivity index (χ2v) is 5.65. The fourth-order valence-electron chi connectivity index (χ4n) is 2.14. The maximum absolute atomic E-state index is 6.11. The molecule has 0 radical (unpaired) electrons. The summed E-state index contributed by atoms with van der Waals surface area (Å²) in [6, 6.07) is 6.46. The van der Waals surface area contributed by atoms with Crippen LogP contribution in [0.4, 0.5) is 0 Å². The molecule has 1 heterocycles. The van der Waals surface area contributed by atoms with Crippen molar-refractivity contribution in [3.8, 4) is 11.5 Å². The lowest BCUT2D eigenvalue weighted by molar-refractivity contribution is 0.490. The van der Waals surface area contributed by atoms with Crippen molar-refractivity contribution >= 4 is 11.6 Å². The molecule has 0 bridgehead atoms. The number of nitrogens with one attached hydrogen (secondary N) is 1. The lowest BCUT2D eigenvalue weighted by Gasteiger charge is -2.02. The summed E-state index contributed by atoms with van der Waals surface area (Å²) in [5.41, 5.74) is 1.88. The van der Waals surface area contributed by atoms with Crippen molar-refractivity contribution in [2.75, 3.05) is 6.54 Å². The van der Waals surface area contributed by atoms with Gasteiger partial charge < -0.3 is 9.73 Å². The van der Waals surface area contributed by atoms with E-state index in [1.807, 2.05) is 25.1 Å². The summed E-state index contributed by atoms with van der Waals surface area (Å²) >= 11 is 6.11. The van der Waals surface area contributed by atoms with E-state index >= 15 is 0 Å². The maximum atomic E-state index is 6.11. The van der Waals surface area contributed by atoms with Crippen LogP contribution in [0.25, 0.3) is 11.5 Å². The van der Waals surface area contributed by atoms with Gasteiger partial charge in [0.15, 0.2) is 0 Å². The predicted octanol–water partition coefficient (Wildman–Crippen LogP) is 3.38. The van der Waals surface area contributed by atoms with Crippen LogP contribution in [0, 0.1) is 6.92 Å². The van der Waals surface area contributed by atoms with Crippen molar-refractivity contribution in [3.05, 3.63) is 34.7 Å². The summed E-state index contributed by atoms with van der Waals surface area (Å²) in [7, 11) is 0. The zero-order valence-corrected chi connectivity index (χ0v) is 12.3. The molecule has 5 heteroatoms. The Bertz CT molecular complexity index is 593. The van der Waals surface area contributed by atoms with Crippen LogP contribution in [-0.2, 0) is 6.42 Å². The van der Waals surface area contributed by atoms with E-state index in [1.165, 1.54) is 12.8 Å². The molecular formula is C15H18ClN3O. The van der Waals surface area contributed by atoms with Crippen LogP contribution in [-0.4, -0.2) is 22.8 Å². The third-order valence-corrected chi connectivity index (χ3v) is 3.95. The van der Waals surface area contributed by atoms with Gasteiger partial charge in [0.25, 0.3) is 0 Å². The summed E-state index contributed by atoms with van der Waals surface area (Å²) in [5.74, 6) is 1.24. The molecule has 3 rings (SSSR count). The molecule has 1 aliphatic rings. The fourth-order valence-corrected chi connectivity index (χ4v) is 2.31. The molecule has 20 heavy (non-hydrogen) atoms. The van der Waals surface area contributed by atoms with Crippen LogP contribution < -0.4 is 5.32 Å². The number of hydrogen-bond donors (Lipinski definition) is 1. The van der Waals surface area contributed by atoms with Crippen molar-refractivity contribution in [1.29, 1.82) is 0 Å². The minimum atomic E-state index is 0.551. The van der Waals surface area contributed by atoms with E-state index < -0.39 is 0 Å². The Labute approximate surface area is 123 Å². The van der Waals surface area contributed by atoms with Crippen molar-refractivity contribution in [2.24, 2.45) is 0 Å². The molecule has 4 nitrogen and oxygen atoms in total. The van der Waals surface area contributed by atoms with Crippen LogP contribution in [0.15, 0.2) is 22.6 Å². The van der Waals surface area contributed by atoms with E-state index in [1.54, 1.807) is 0 Å². The molecule has 0 amide bonds. The van der Waals surface area contributed by atoms with Crippen LogP contribution in [0.1, 0.15) is 30.7 Å². The van der Waals surface area contributed by atoms with Gasteiger partial charge in [-0.25, -0.2) is 0 Å². The summed E-state index contributed by atoms with van der Waals surface area (Å²) in [6.07, 6.45) is 4.47. The molecule has 1 fully saturated rings. The van der Waals surface area contributed by atoms with Gasteiger partial charge in [-0.1, -0.05) is 17.7 Å². The lowest BCUT2D eigenvalue weighted by atomic mass is 10.1. The average molecular weight is 292 g/mol. The third-order valence-electron chi connectivity index (χ3n) is 3.54. The zero-order valence-electron chi connectivity index (χ0n) is 11.5. The Kier molecular flexibility index (Phi) is 4.03. The van der Waals surface area contributed by atoms with E-state index in [0.717, 1.165) is 41.6 Å². The van der Waals surface area contributed by atoms with Gasteiger partial charge in [0.2, 0.25) is 11.8 Å². The highest BCUT2D eigenvalue weighted by atomic mass is 35.5. The average Bonchev–Trinajstić information content (AvgIpc) is 3.15. The minimum absolute atomic E-state index is 0.551. The second-order valence-electron chi connectivity index (χ2n) is 5.25. The smallest absolute Gasteiger partial charge is 0.248 e. The Balaban J connectivity index is 1.62. The van der Waals surface area contributed by atoms with E-state index in [9.17, 15) is 0 Å². The molecule has 1 saturated carbocycles. The van der Waals surface area contributed by atoms with Crippen molar-refractivity contribution in [1.82, 2.24) is 15.5 Å². The molecule has 1 aliphatic carbocycles. The monoisotopic (exact) mass is 291 g/mol. The largest absolute Gasteiger partial charge is 0.421 e. The molecule has 0 aliphatic heterocycles. The normalized spacial score (nSPS) is 14.7. The molecule has 0 saturated heterocycles. The molecule has 1 aromatic carbocycles. The second kappa shape index (κ2) is 5.94. The first-order valence-corrected chi connectivity index (χ1v) is 7.43. The van der Waals surface area contributed by atoms with E-state index in [0.29, 0.717) is 11.8 Å². The molecule has 2 aromatic rings. The van der Waals surface area contributed by atoms with Gasteiger partial charge in [-0.15, -0.1) is 10.2 Å². The standard InChI is InChI=1S/C15H18ClN3O/c1-10-12(4-2-5-13(10)16)15-19-18-14(20-15)6-3-9-17-11-7-8-11/h2,4-5,11,17H,3,6-9H2,1H3. The molecule has 1 aromatic heterocycles. The van der Waals surface area contributed by atoms with Gasteiger partial charge in [-0.3, -0.25) is 0 Å². The zero-order chi connectivity index (χ0) is 13.9. The number of hydrogen-bond acceptors (Lipinski definition) is 4. The highest BCUT2D eigenvalue weighted by molar-refractivity contribution is 6.31. The SMILES string of the molecule is Cc1c(Cl)cccc1-c1nnc(CCCNC2CC2)o1. The number of halogens is 1. The van der Waals surface area contributed by atoms with Crippen LogP contribution in [0.5, 0.6) is 0 Å². The van der Waals surface area contributed by atoms with Crippen molar-refractivity contribution < 1.29 is 4.42 Å². The Morgan fingerprint density at radius 2 is 2.20 bits per heavy atom. The van der Waals surface area contributed by atoms with Crippen LogP contribution in [0.2, 0.25) is 5.02 Å². The first-order chi connectivity index (χ1) is 9.74. The van der Waals surface area contributed by atoms with E-state index in [4.69, 9.17) is 16.0 Å². The van der Waals surface area contributed by atoms with Crippen molar-refractivity contribution in [2.45, 2.75) is 38.6 Å². The van der Waals surface area contributed by atoms with Gasteiger partial charge in [0, 0.05) is 23.0 Å². The summed E-state index contributed by atoms with van der Waals surface area (Å²) in [5, 5.41) is 12.4. The summed E-state index contributed by atoms with van der Waals surface area (Å²) < 4.78 is 5.72. The van der Waals surface area contributed by atoms with Gasteiger partial charge >= 0.3 is 0 Å². The summed E-state index contributed by atoms with van der Waals surface area (Å²) in [4.78, 5) is 0. The van der Waals surface area contributed by atoms with E-state index in [2.05, 4.69) is 15.5 Å². The van der Waals surface area contributed by atoms with Crippen molar-refractivity contribution in [3.63, 3.8) is 0 Å². The quantitative estimate of drug-likeness (QED) is 0.829. The first kappa shape index (κ1) is 13.6. The number of nitrogens with zero attached hydrogens (tertiary/aromatic N) is 2. The summed E-state index contributed by atoms with van der Waals surface area (Å²) in [6.45, 7) is 2.97. The number of benzene rings is 1. The topological polar surface area (TPSA) is 51.0 Å². The molecule has 1 N–H and O–H groups in total. The highest BCUT2D eigenvalue weighted by Gasteiger charge is 2.19. The molecule has 0 spiro atoms. The van der Waals surface area contributed by atoms with Gasteiger partial charge in [-0.05, 0) is 50.4 Å². The Morgan fingerprint density at radius 3 is 3.00 bits per heavy atom. The Morgan fingerprint density at radius 1 is 1.35 bits per heavy atom. The molecule has 0 atom stereocenters. The fraction of sp³-hybridized carbons (Fsp3) is 0.467. The number of aryl methyl sites for hydroxylation is 1. The Hall–Kier alpha value is -1.39. The molecule has 0 unspecified atom stereocenters. The number of rotatable bonds is 6. The molecular weight excluding hydrogens is 274 g/mol. The minimum Gasteiger partial charge on any atom is -0.421 e. The predicted molar refractivity (Wildman–Crippen MR) is 78.8 cm³/mol. The van der Waals surface area contributed by atoms with Gasteiger partial charge in [-0.2, -0.15) is 0 Å².